The van der Waals surface area contributed by atoms with E-state index < -0.39 is 23.3 Å². The van der Waals surface area contributed by atoms with Gasteiger partial charge >= 0.3 is 5.97 Å². The van der Waals surface area contributed by atoms with Crippen LogP contribution in [0.4, 0.5) is 0 Å². The molecule has 2 saturated carbocycles. The molecule has 3 fully saturated rings. The number of amides is 2. The summed E-state index contributed by atoms with van der Waals surface area (Å²) in [6, 6.07) is 3.14. The number of hydrogen-bond acceptors (Lipinski definition) is 7. The Hall–Kier alpha value is -3.18. The fourth-order valence-corrected chi connectivity index (χ4v) is 7.98. The predicted octanol–water partition coefficient (Wildman–Crippen LogP) is 3.76. The van der Waals surface area contributed by atoms with Crippen LogP contribution in [0.1, 0.15) is 80.7 Å². The van der Waals surface area contributed by atoms with Gasteiger partial charge in [0, 0.05) is 43.2 Å². The van der Waals surface area contributed by atoms with Gasteiger partial charge in [0.25, 0.3) is 0 Å². The molecule has 4 heterocycles. The zero-order chi connectivity index (χ0) is 29.9. The van der Waals surface area contributed by atoms with E-state index in [0.29, 0.717) is 81.7 Å². The van der Waals surface area contributed by atoms with E-state index in [1.807, 2.05) is 26.5 Å². The van der Waals surface area contributed by atoms with Crippen molar-refractivity contribution < 1.29 is 29.0 Å². The van der Waals surface area contributed by atoms with Crippen molar-refractivity contribution >= 4 is 29.4 Å². The van der Waals surface area contributed by atoms with Gasteiger partial charge in [-0.3, -0.25) is 14.4 Å². The smallest absolute Gasteiger partial charge is 0.310 e. The molecule has 1 N–H and O–H groups in total. The van der Waals surface area contributed by atoms with E-state index in [9.17, 15) is 19.5 Å². The van der Waals surface area contributed by atoms with Gasteiger partial charge in [0.2, 0.25) is 11.8 Å². The first-order valence-corrected chi connectivity index (χ1v) is 15.8. The number of halogens is 1. The molecular formula is C31H38ClN5O6. The van der Waals surface area contributed by atoms with E-state index >= 15 is 0 Å². The number of carbonyl (C=O) groups excluding carboxylic acids is 2. The molecule has 1 aromatic carbocycles. The zero-order valence-electron chi connectivity index (χ0n) is 24.5. The minimum absolute atomic E-state index is 0.0683. The lowest BCUT2D eigenvalue weighted by atomic mass is 9.66. The Morgan fingerprint density at radius 1 is 1.19 bits per heavy atom. The van der Waals surface area contributed by atoms with Crippen molar-refractivity contribution in [3.63, 3.8) is 0 Å². The Morgan fingerprint density at radius 2 is 2.02 bits per heavy atom. The molecule has 2 amide bonds. The van der Waals surface area contributed by atoms with Crippen LogP contribution in [0, 0.1) is 16.7 Å². The SMILES string of the molecule is C[C@]1(C(=O)O)CCCC[C@H]1C(=O)N1CCc2c(Cl)ccc(OCc3nnc4n3CCOC4)c2[C@H]1CN1CC2(CC2)CC1=O. The van der Waals surface area contributed by atoms with Gasteiger partial charge in [-0.1, -0.05) is 24.4 Å². The van der Waals surface area contributed by atoms with Crippen molar-refractivity contribution in [2.45, 2.75) is 84.1 Å². The van der Waals surface area contributed by atoms with Gasteiger partial charge in [-0.2, -0.15) is 0 Å². The highest BCUT2D eigenvalue weighted by molar-refractivity contribution is 6.31. The first-order chi connectivity index (χ1) is 20.7. The van der Waals surface area contributed by atoms with E-state index in [1.54, 1.807) is 6.92 Å². The number of carbonyl (C=O) groups is 3. The third-order valence-corrected chi connectivity index (χ3v) is 10.9. The summed E-state index contributed by atoms with van der Waals surface area (Å²) in [5.41, 5.74) is 0.637. The molecule has 0 radical (unpaired) electrons. The standard InChI is InChI=1S/C31H38ClN5O6/c1-30(29(40)41)8-3-2-4-20(30)28(39)36-11-7-19-21(32)5-6-23(43-17-25-34-33-24-16-42-13-12-37(24)25)27(19)22(36)15-35-18-31(9-10-31)14-26(35)38/h5-6,20,22H,2-4,7-18H2,1H3,(H,40,41)/t20-,22+,30-/m0/s1. The van der Waals surface area contributed by atoms with E-state index in [-0.39, 0.29) is 23.8 Å². The van der Waals surface area contributed by atoms with Gasteiger partial charge in [0.15, 0.2) is 11.6 Å². The van der Waals surface area contributed by atoms with Crippen molar-refractivity contribution in [2.75, 3.05) is 26.2 Å². The number of carboxylic acids is 1. The van der Waals surface area contributed by atoms with Crippen LogP contribution in [0.5, 0.6) is 5.75 Å². The number of nitrogens with zero attached hydrogens (tertiary/aromatic N) is 5. The van der Waals surface area contributed by atoms with E-state index in [4.69, 9.17) is 21.1 Å². The molecule has 12 heteroatoms. The lowest BCUT2D eigenvalue weighted by Gasteiger charge is -2.45. The summed E-state index contributed by atoms with van der Waals surface area (Å²) >= 11 is 6.78. The van der Waals surface area contributed by atoms with Crippen LogP contribution in [-0.2, 0) is 45.3 Å². The first-order valence-electron chi connectivity index (χ1n) is 15.4. The quantitative estimate of drug-likeness (QED) is 0.501. The Labute approximate surface area is 255 Å². The molecule has 7 rings (SSSR count). The summed E-state index contributed by atoms with van der Waals surface area (Å²) in [5, 5.41) is 19.4. The van der Waals surface area contributed by atoms with Crippen molar-refractivity contribution in [3.8, 4) is 5.75 Å². The van der Waals surface area contributed by atoms with Crippen LogP contribution < -0.4 is 4.74 Å². The Bertz CT molecular complexity index is 1470. The number of aromatic nitrogens is 3. The lowest BCUT2D eigenvalue weighted by molar-refractivity contribution is -0.162. The fourth-order valence-electron chi connectivity index (χ4n) is 7.72. The number of likely N-dealkylation sites (tertiary alicyclic amines) is 1. The molecule has 11 nitrogen and oxygen atoms in total. The monoisotopic (exact) mass is 611 g/mol. The van der Waals surface area contributed by atoms with Gasteiger partial charge in [0.1, 0.15) is 19.0 Å². The Balaban J connectivity index is 1.25. The fraction of sp³-hybridized carbons (Fsp3) is 0.645. The minimum Gasteiger partial charge on any atom is -0.485 e. The summed E-state index contributed by atoms with van der Waals surface area (Å²) in [7, 11) is 0. The average Bonchev–Trinajstić information content (AvgIpc) is 3.50. The highest BCUT2D eigenvalue weighted by atomic mass is 35.5. The van der Waals surface area contributed by atoms with Crippen molar-refractivity contribution in [2.24, 2.45) is 16.7 Å². The largest absolute Gasteiger partial charge is 0.485 e. The molecule has 1 aromatic heterocycles. The number of hydrogen-bond donors (Lipinski definition) is 1. The number of ether oxygens (including phenoxy) is 2. The van der Waals surface area contributed by atoms with Gasteiger partial charge in [-0.25, -0.2) is 0 Å². The summed E-state index contributed by atoms with van der Waals surface area (Å²) in [4.78, 5) is 43.8. The molecule has 43 heavy (non-hydrogen) atoms. The first kappa shape index (κ1) is 28.6. The molecular weight excluding hydrogens is 574 g/mol. The molecule has 2 aliphatic carbocycles. The molecule has 2 aromatic rings. The normalized spacial score (nSPS) is 27.6. The van der Waals surface area contributed by atoms with Gasteiger partial charge < -0.3 is 28.9 Å². The van der Waals surface area contributed by atoms with E-state index in [2.05, 4.69) is 10.2 Å². The Kier molecular flexibility index (Phi) is 7.16. The number of fused-ring (bicyclic) bond motifs is 2. The van der Waals surface area contributed by atoms with Gasteiger partial charge in [-0.15, -0.1) is 10.2 Å². The highest BCUT2D eigenvalue weighted by Crippen LogP contribution is 2.54. The Morgan fingerprint density at radius 3 is 2.79 bits per heavy atom. The lowest BCUT2D eigenvalue weighted by Crippen LogP contribution is -2.52. The topological polar surface area (TPSA) is 127 Å². The van der Waals surface area contributed by atoms with Crippen LogP contribution in [-0.4, -0.2) is 73.7 Å². The van der Waals surface area contributed by atoms with Crippen LogP contribution in [0.15, 0.2) is 12.1 Å². The van der Waals surface area contributed by atoms with Gasteiger partial charge in [-0.05, 0) is 62.1 Å². The zero-order valence-corrected chi connectivity index (χ0v) is 25.3. The number of aliphatic carboxylic acids is 1. The summed E-state index contributed by atoms with van der Waals surface area (Å²) < 4.78 is 13.9. The summed E-state index contributed by atoms with van der Waals surface area (Å²) in [6.45, 7) is 4.92. The molecule has 3 aliphatic heterocycles. The maximum atomic E-state index is 14.4. The van der Waals surface area contributed by atoms with Crippen molar-refractivity contribution in [3.05, 3.63) is 39.9 Å². The highest BCUT2D eigenvalue weighted by Gasteiger charge is 2.54. The van der Waals surface area contributed by atoms with Crippen LogP contribution in [0.2, 0.25) is 5.02 Å². The third-order valence-electron chi connectivity index (χ3n) is 10.6. The molecule has 0 unspecified atom stereocenters. The summed E-state index contributed by atoms with van der Waals surface area (Å²) in [6.07, 6.45) is 5.75. The van der Waals surface area contributed by atoms with Crippen molar-refractivity contribution in [1.29, 1.82) is 0 Å². The molecule has 1 spiro atoms. The predicted molar refractivity (Wildman–Crippen MR) is 154 cm³/mol. The minimum atomic E-state index is -1.13. The van der Waals surface area contributed by atoms with Crippen molar-refractivity contribution in [1.82, 2.24) is 24.6 Å². The molecule has 5 aliphatic rings. The maximum absolute atomic E-state index is 14.4. The molecule has 230 valence electrons. The third kappa shape index (κ3) is 4.98. The number of rotatable bonds is 7. The number of carboxylic acid groups (broad SMARTS) is 1. The van der Waals surface area contributed by atoms with E-state index in [0.717, 1.165) is 42.6 Å². The average molecular weight is 612 g/mol. The second kappa shape index (κ2) is 10.8. The molecule has 1 saturated heterocycles. The second-order valence-electron chi connectivity index (χ2n) is 13.2. The van der Waals surface area contributed by atoms with E-state index in [1.165, 1.54) is 0 Å². The maximum Gasteiger partial charge on any atom is 0.310 e. The van der Waals surface area contributed by atoms with Crippen LogP contribution >= 0.6 is 11.6 Å². The summed E-state index contributed by atoms with van der Waals surface area (Å²) in [5.74, 6) is 0.403. The van der Waals surface area contributed by atoms with Gasteiger partial charge in [0.05, 0.1) is 24.0 Å². The molecule has 0 bridgehead atoms. The second-order valence-corrected chi connectivity index (χ2v) is 13.6. The van der Waals surface area contributed by atoms with Crippen LogP contribution in [0.3, 0.4) is 0 Å². The van der Waals surface area contributed by atoms with Crippen LogP contribution in [0.25, 0.3) is 0 Å². The number of benzene rings is 1. The molecule has 3 atom stereocenters.